The lowest BCUT2D eigenvalue weighted by atomic mass is 10.5. The van der Waals surface area contributed by atoms with Crippen LogP contribution in [0.15, 0.2) is 0 Å². The molecule has 1 unspecified atom stereocenters. The number of aliphatic hydroxyl groups is 3. The highest BCUT2D eigenvalue weighted by atomic mass is 35.5. The van der Waals surface area contributed by atoms with Gasteiger partial charge in [0.2, 0.25) is 0 Å². The molecule has 0 aromatic heterocycles. The van der Waals surface area contributed by atoms with Gasteiger partial charge in [-0.25, -0.2) is 0 Å². The summed E-state index contributed by atoms with van der Waals surface area (Å²) in [6, 6.07) is 0. The largest absolute Gasteiger partial charge is 0.490 e. The second kappa shape index (κ2) is 49.4. The van der Waals surface area contributed by atoms with Crippen LogP contribution in [-0.4, -0.2) is 124 Å². The van der Waals surface area contributed by atoms with Crippen molar-refractivity contribution in [3.63, 3.8) is 0 Å². The van der Waals surface area contributed by atoms with Gasteiger partial charge in [-0.05, 0) is 27.7 Å². The van der Waals surface area contributed by atoms with E-state index in [9.17, 15) is 5.11 Å². The molecule has 0 fully saturated rings. The van der Waals surface area contributed by atoms with Crippen LogP contribution in [0.25, 0.3) is 16.2 Å². The quantitative estimate of drug-likeness (QED) is 0.0396. The third-order valence-corrected chi connectivity index (χ3v) is 10.7. The molecule has 42 heavy (non-hydrogen) atoms. The van der Waals surface area contributed by atoms with Crippen LogP contribution in [0.3, 0.4) is 0 Å². The van der Waals surface area contributed by atoms with E-state index < -0.39 is 0 Å². The van der Waals surface area contributed by atoms with Crippen LogP contribution < -0.4 is 28.7 Å². The Hall–Kier alpha value is 1.55. The average molecular weight is 836 g/mol. The lowest BCUT2D eigenvalue weighted by Crippen LogP contribution is -2.18. The molecule has 260 valence electrons. The van der Waals surface area contributed by atoms with Gasteiger partial charge in [-0.15, -0.1) is 84.9 Å². The van der Waals surface area contributed by atoms with E-state index in [4.69, 9.17) is 43.6 Å². The van der Waals surface area contributed by atoms with Crippen molar-refractivity contribution in [2.45, 2.75) is 11.4 Å². The molecular weight excluding hydrogens is 791 g/mol. The number of hydrogen-bond donors (Lipinski definition) is 8. The normalized spacial score (nSPS) is 9.71. The zero-order valence-electron chi connectivity index (χ0n) is 22.6. The van der Waals surface area contributed by atoms with Crippen LogP contribution in [0.1, 0.15) is 0 Å². The fourth-order valence-corrected chi connectivity index (χ4v) is 7.95. The Balaban J connectivity index is -0.0000000792. The topological polar surface area (TPSA) is 289 Å². The summed E-state index contributed by atoms with van der Waals surface area (Å²) in [4.78, 5) is 0. The molecule has 12 nitrogen and oxygen atoms in total. The van der Waals surface area contributed by atoms with Crippen molar-refractivity contribution in [3.05, 3.63) is 16.2 Å². The minimum Gasteiger partial charge on any atom is -0.490 e. The average Bonchev–Trinajstić information content (AvgIpc) is 2.79. The van der Waals surface area contributed by atoms with Crippen LogP contribution in [0.4, 0.5) is 0 Å². The molecule has 0 bridgehead atoms. The highest BCUT2D eigenvalue weighted by molar-refractivity contribution is 8.16. The summed E-state index contributed by atoms with van der Waals surface area (Å²) in [7, 11) is 0. The van der Waals surface area contributed by atoms with E-state index in [1.807, 2.05) is 0 Å². The van der Waals surface area contributed by atoms with Crippen LogP contribution in [0.2, 0.25) is 0 Å². The van der Waals surface area contributed by atoms with E-state index in [1.54, 1.807) is 47.0 Å². The van der Waals surface area contributed by atoms with Gasteiger partial charge >= 0.3 is 0 Å². The molecule has 0 spiro atoms. The van der Waals surface area contributed by atoms with Crippen LogP contribution in [0.5, 0.6) is 0 Å². The zero-order valence-corrected chi connectivity index (χ0v) is 32.4. The summed E-state index contributed by atoms with van der Waals surface area (Å²) in [6.07, 6.45) is -0.321. The minimum atomic E-state index is -0.321. The first-order valence-corrected chi connectivity index (χ1v) is 18.5. The first-order chi connectivity index (χ1) is 17.5. The number of halogens is 4. The third kappa shape index (κ3) is 68.6. The van der Waals surface area contributed by atoms with Gasteiger partial charge in [-0.1, -0.05) is 0 Å². The Labute approximate surface area is 309 Å². The van der Waals surface area contributed by atoms with Gasteiger partial charge in [0.05, 0.1) is 19.3 Å². The van der Waals surface area contributed by atoms with Crippen molar-refractivity contribution in [3.8, 4) is 0 Å². The molecule has 0 radical (unpaired) electrons. The summed E-state index contributed by atoms with van der Waals surface area (Å²) in [5.41, 5.74) is 24.8. The monoisotopic (exact) mass is 833 g/mol. The van der Waals surface area contributed by atoms with E-state index >= 15 is 0 Å². The number of amidine groups is 3. The predicted molar refractivity (Wildman–Crippen MR) is 217 cm³/mol. The first kappa shape index (κ1) is 62.4. The van der Waals surface area contributed by atoms with Crippen molar-refractivity contribution in [2.75, 3.05) is 70.7 Å². The Kier molecular flexibility index (Phi) is 73.4. The van der Waals surface area contributed by atoms with Gasteiger partial charge in [-0.2, -0.15) is 47.0 Å². The van der Waals surface area contributed by atoms with Crippen molar-refractivity contribution >= 4 is 165 Å². The van der Waals surface area contributed by atoms with E-state index in [-0.39, 0.29) is 95.0 Å². The molecule has 0 heterocycles. The van der Waals surface area contributed by atoms with Crippen molar-refractivity contribution in [1.82, 2.24) is 0 Å². The molecule has 0 amide bonds. The van der Waals surface area contributed by atoms with E-state index in [2.05, 4.69) is 23.7 Å². The second-order valence-corrected chi connectivity index (χ2v) is 14.8. The molecule has 0 aliphatic rings. The molecule has 15 N–H and O–H groups in total. The predicted octanol–water partition coefficient (Wildman–Crippen LogP) is 1.52. The standard InChI is InChI=1S/C10H19N6S5.C7H16O3S2.CH4N2S.4ClH.H2O/c11-8(12)19-2-1-17-5-7(6-21-10(15)16)18-3-4-20-9(13)14;8-1-3-11-5-7(10)6-12-4-2-9;2-1(3)4;;;;;/h7H,1-6H2,(H6-3,11,12,13,14,15,16);7-10H,1-6H2;(H4,2,3,4);4*1H;1H2/q-3;;;;;;;. The zero-order chi connectivity index (χ0) is 28.9. The minimum absolute atomic E-state index is 0. The molecule has 0 aliphatic carbocycles. The van der Waals surface area contributed by atoms with Gasteiger partial charge in [-0.3, -0.25) is 0 Å². The highest BCUT2D eigenvalue weighted by Crippen LogP contribution is 2.22. The molecule has 1 atom stereocenters. The summed E-state index contributed by atoms with van der Waals surface area (Å²) in [5.74, 6) is 7.58. The number of aliphatic hydroxyl groups excluding tert-OH is 3. The fraction of sp³-hybridized carbons (Fsp3) is 0.778. The van der Waals surface area contributed by atoms with Crippen LogP contribution in [-0.2, 0) is 0 Å². The van der Waals surface area contributed by atoms with Gasteiger partial charge in [0.15, 0.2) is 5.11 Å². The van der Waals surface area contributed by atoms with Crippen LogP contribution in [0, 0.1) is 0 Å². The third-order valence-electron chi connectivity index (χ3n) is 2.98. The molecule has 0 rings (SSSR count). The maximum atomic E-state index is 9.30. The van der Waals surface area contributed by atoms with Crippen molar-refractivity contribution < 1.29 is 20.8 Å². The van der Waals surface area contributed by atoms with Crippen LogP contribution >= 0.6 is 144 Å². The summed E-state index contributed by atoms with van der Waals surface area (Å²) in [6.45, 7) is 0.336. The molecular formula is C18H45Cl4N8O4S8-3. The molecule has 24 heteroatoms. The van der Waals surface area contributed by atoms with E-state index in [0.29, 0.717) is 28.3 Å². The van der Waals surface area contributed by atoms with E-state index in [1.165, 1.54) is 35.3 Å². The van der Waals surface area contributed by atoms with Crippen molar-refractivity contribution in [1.29, 1.82) is 0 Å². The number of thiocarbonyl (C=S) groups is 1. The van der Waals surface area contributed by atoms with Crippen molar-refractivity contribution in [2.24, 2.45) is 28.7 Å². The Morgan fingerprint density at radius 1 is 0.595 bits per heavy atom. The summed E-state index contributed by atoms with van der Waals surface area (Å²) < 4.78 is 0. The second-order valence-electron chi connectivity index (χ2n) is 6.24. The smallest absolute Gasteiger partial charge is 0.160 e. The highest BCUT2D eigenvalue weighted by Gasteiger charge is 2.09. The van der Waals surface area contributed by atoms with Gasteiger partial charge < -0.3 is 65.7 Å². The lowest BCUT2D eigenvalue weighted by molar-refractivity contribution is 0.225. The number of hydrogen-bond acceptors (Lipinski definition) is 11. The summed E-state index contributed by atoms with van der Waals surface area (Å²) >= 11 is 14.4. The Bertz CT molecular complexity index is 608. The maximum Gasteiger partial charge on any atom is 0.160 e. The van der Waals surface area contributed by atoms with Gasteiger partial charge in [0.25, 0.3) is 0 Å². The Morgan fingerprint density at radius 2 is 0.952 bits per heavy atom. The van der Waals surface area contributed by atoms with Gasteiger partial charge in [0, 0.05) is 62.8 Å². The number of thioether (sulfide) groups is 7. The number of nitrogens with zero attached hydrogens (tertiary/aromatic N) is 3. The number of rotatable bonds is 19. The summed E-state index contributed by atoms with van der Waals surface area (Å²) in [5, 5.41) is 53.0. The molecule has 0 aliphatic heterocycles. The Morgan fingerprint density at radius 3 is 1.31 bits per heavy atom. The molecule has 0 saturated carbocycles. The maximum absolute atomic E-state index is 9.30. The SMILES string of the molecule is Cl.Cl.Cl.Cl.NC(N)=S.O.OCCSCC(O)CSCCO.[N-]=C(N)SCCSCC(CSC(=[N-])N)SCCSC(=[N-])N. The fourth-order valence-electron chi connectivity index (χ4n) is 1.72. The number of nitrogens with two attached hydrogens (primary N) is 5. The lowest BCUT2D eigenvalue weighted by Gasteiger charge is -2.17. The van der Waals surface area contributed by atoms with E-state index in [0.717, 1.165) is 34.5 Å². The molecule has 0 aromatic carbocycles. The molecule has 0 saturated heterocycles. The molecule has 0 aromatic rings. The first-order valence-electron chi connectivity index (χ1n) is 10.6. The van der Waals surface area contributed by atoms with Gasteiger partial charge in [0.1, 0.15) is 0 Å².